The highest BCUT2D eigenvalue weighted by molar-refractivity contribution is 7.99. The Labute approximate surface area is 153 Å². The van der Waals surface area contributed by atoms with Gasteiger partial charge in [0.1, 0.15) is 0 Å². The molecule has 0 aromatic carbocycles. The second-order valence-corrected chi connectivity index (χ2v) is 8.11. The summed E-state index contributed by atoms with van der Waals surface area (Å²) < 4.78 is 7.54. The molecule has 0 saturated carbocycles. The smallest absolute Gasteiger partial charge is 0.233 e. The van der Waals surface area contributed by atoms with Gasteiger partial charge < -0.3 is 9.32 Å². The number of hydrogen-bond acceptors (Lipinski definition) is 5. The van der Waals surface area contributed by atoms with E-state index in [0.29, 0.717) is 23.3 Å². The lowest BCUT2D eigenvalue weighted by Gasteiger charge is -2.30. The largest absolute Gasteiger partial charge is 0.461 e. The lowest BCUT2D eigenvalue weighted by atomic mass is 10.0. The fourth-order valence-corrected chi connectivity index (χ4v) is 4.00. The Morgan fingerprint density at radius 1 is 1.44 bits per heavy atom. The molecule has 1 amide bonds. The van der Waals surface area contributed by atoms with Gasteiger partial charge in [-0.1, -0.05) is 32.5 Å². The highest BCUT2D eigenvalue weighted by Gasteiger charge is 2.23. The van der Waals surface area contributed by atoms with Crippen molar-refractivity contribution in [2.75, 3.05) is 18.8 Å². The molecule has 0 radical (unpaired) electrons. The normalized spacial score (nSPS) is 18.1. The van der Waals surface area contributed by atoms with Crippen LogP contribution in [0.5, 0.6) is 0 Å². The summed E-state index contributed by atoms with van der Waals surface area (Å²) in [4.78, 5) is 14.5. The molecule has 3 rings (SSSR count). The molecular weight excluding hydrogens is 336 g/mol. The van der Waals surface area contributed by atoms with E-state index in [1.807, 2.05) is 17.0 Å². The van der Waals surface area contributed by atoms with Crippen LogP contribution in [0.1, 0.15) is 33.6 Å². The van der Waals surface area contributed by atoms with Crippen molar-refractivity contribution >= 4 is 17.7 Å². The van der Waals surface area contributed by atoms with Gasteiger partial charge in [-0.25, -0.2) is 0 Å². The number of carbonyl (C=O) groups is 1. The molecule has 136 valence electrons. The van der Waals surface area contributed by atoms with Gasteiger partial charge in [0.15, 0.2) is 16.7 Å². The molecule has 1 aliphatic rings. The monoisotopic (exact) mass is 362 g/mol. The number of rotatable bonds is 6. The van der Waals surface area contributed by atoms with Crippen LogP contribution >= 0.6 is 11.8 Å². The molecule has 1 saturated heterocycles. The van der Waals surface area contributed by atoms with E-state index in [1.165, 1.54) is 18.2 Å². The molecule has 1 atom stereocenters. The van der Waals surface area contributed by atoms with E-state index in [1.54, 1.807) is 6.26 Å². The molecule has 0 N–H and O–H groups in total. The van der Waals surface area contributed by atoms with Gasteiger partial charge in [0.2, 0.25) is 5.91 Å². The van der Waals surface area contributed by atoms with E-state index < -0.39 is 0 Å². The molecule has 0 aliphatic carbocycles. The van der Waals surface area contributed by atoms with Crippen LogP contribution in [0.2, 0.25) is 0 Å². The molecule has 6 nitrogen and oxygen atoms in total. The van der Waals surface area contributed by atoms with E-state index in [4.69, 9.17) is 4.42 Å². The minimum absolute atomic E-state index is 0.190. The van der Waals surface area contributed by atoms with Gasteiger partial charge in [0.05, 0.1) is 12.0 Å². The number of likely N-dealkylation sites (tertiary alicyclic amines) is 1. The first-order chi connectivity index (χ1) is 12.0. The van der Waals surface area contributed by atoms with Gasteiger partial charge >= 0.3 is 0 Å². The second-order valence-electron chi connectivity index (χ2n) is 7.16. The first-order valence-electron chi connectivity index (χ1n) is 8.92. The molecular formula is C18H26N4O2S. The molecule has 25 heavy (non-hydrogen) atoms. The summed E-state index contributed by atoms with van der Waals surface area (Å²) in [5.41, 5.74) is 0. The van der Waals surface area contributed by atoms with Crippen molar-refractivity contribution in [3.05, 3.63) is 18.4 Å². The molecule has 1 aliphatic heterocycles. The van der Waals surface area contributed by atoms with E-state index in [2.05, 4.69) is 35.5 Å². The Kier molecular flexibility index (Phi) is 5.83. The minimum atomic E-state index is 0.190. The third kappa shape index (κ3) is 4.45. The van der Waals surface area contributed by atoms with Gasteiger partial charge in [0, 0.05) is 19.6 Å². The first kappa shape index (κ1) is 18.0. The van der Waals surface area contributed by atoms with Crippen molar-refractivity contribution in [1.29, 1.82) is 0 Å². The Morgan fingerprint density at radius 2 is 2.28 bits per heavy atom. The predicted octanol–water partition coefficient (Wildman–Crippen LogP) is 3.54. The minimum Gasteiger partial charge on any atom is -0.461 e. The molecule has 7 heteroatoms. The summed E-state index contributed by atoms with van der Waals surface area (Å²) in [5.74, 6) is 3.06. The molecule has 2 aromatic heterocycles. The number of piperidine rings is 1. The number of thioether (sulfide) groups is 1. The number of aromatic nitrogens is 3. The van der Waals surface area contributed by atoms with Crippen molar-refractivity contribution in [2.24, 2.45) is 11.8 Å². The van der Waals surface area contributed by atoms with Crippen LogP contribution < -0.4 is 0 Å². The number of nitrogens with zero attached hydrogens (tertiary/aromatic N) is 4. The maximum absolute atomic E-state index is 12.5. The highest BCUT2D eigenvalue weighted by atomic mass is 32.2. The number of hydrogen-bond donors (Lipinski definition) is 0. The number of amides is 1. The van der Waals surface area contributed by atoms with Crippen molar-refractivity contribution in [3.63, 3.8) is 0 Å². The van der Waals surface area contributed by atoms with Gasteiger partial charge in [0.25, 0.3) is 0 Å². The maximum Gasteiger partial charge on any atom is 0.233 e. The molecule has 2 aromatic rings. The van der Waals surface area contributed by atoms with E-state index >= 15 is 0 Å². The van der Waals surface area contributed by atoms with Crippen LogP contribution in [0.4, 0.5) is 0 Å². The predicted molar refractivity (Wildman–Crippen MR) is 98.3 cm³/mol. The zero-order chi connectivity index (χ0) is 17.8. The summed E-state index contributed by atoms with van der Waals surface area (Å²) in [5, 5.41) is 9.37. The summed E-state index contributed by atoms with van der Waals surface area (Å²) in [7, 11) is 0. The van der Waals surface area contributed by atoms with Crippen molar-refractivity contribution in [2.45, 2.75) is 45.3 Å². The van der Waals surface area contributed by atoms with Crippen LogP contribution in [-0.4, -0.2) is 44.4 Å². The zero-order valence-electron chi connectivity index (χ0n) is 15.1. The third-order valence-corrected chi connectivity index (χ3v) is 5.29. The lowest BCUT2D eigenvalue weighted by molar-refractivity contribution is -0.130. The Hall–Kier alpha value is -1.76. The zero-order valence-corrected chi connectivity index (χ0v) is 16.0. The van der Waals surface area contributed by atoms with Crippen LogP contribution in [0.3, 0.4) is 0 Å². The molecule has 0 spiro atoms. The fraction of sp³-hybridized carbons (Fsp3) is 0.611. The van der Waals surface area contributed by atoms with Gasteiger partial charge in [-0.3, -0.25) is 9.36 Å². The Bertz CT molecular complexity index is 696. The van der Waals surface area contributed by atoms with Crippen molar-refractivity contribution < 1.29 is 9.21 Å². The summed E-state index contributed by atoms with van der Waals surface area (Å²) in [6.07, 6.45) is 3.95. The van der Waals surface area contributed by atoms with Crippen LogP contribution in [0.25, 0.3) is 11.6 Å². The Morgan fingerprint density at radius 3 is 2.96 bits per heavy atom. The third-order valence-electron chi connectivity index (χ3n) is 4.34. The Balaban J connectivity index is 1.70. The summed E-state index contributed by atoms with van der Waals surface area (Å²) in [6.45, 7) is 9.05. The lowest BCUT2D eigenvalue weighted by Crippen LogP contribution is -2.40. The maximum atomic E-state index is 12.5. The van der Waals surface area contributed by atoms with Crippen molar-refractivity contribution in [1.82, 2.24) is 19.7 Å². The van der Waals surface area contributed by atoms with Crippen molar-refractivity contribution in [3.8, 4) is 11.6 Å². The fourth-order valence-electron chi connectivity index (χ4n) is 3.15. The highest BCUT2D eigenvalue weighted by Crippen LogP contribution is 2.26. The first-order valence-corrected chi connectivity index (χ1v) is 9.90. The summed E-state index contributed by atoms with van der Waals surface area (Å²) >= 11 is 1.47. The van der Waals surface area contributed by atoms with E-state index in [-0.39, 0.29) is 5.91 Å². The van der Waals surface area contributed by atoms with E-state index in [9.17, 15) is 4.79 Å². The quantitative estimate of drug-likeness (QED) is 0.736. The van der Waals surface area contributed by atoms with Crippen LogP contribution in [0, 0.1) is 11.8 Å². The summed E-state index contributed by atoms with van der Waals surface area (Å²) in [6, 6.07) is 3.73. The molecule has 3 heterocycles. The SMILES string of the molecule is CC(C)Cn1c(SCC(=O)N2CCCC(C)C2)nnc1-c1ccco1. The van der Waals surface area contributed by atoms with Crippen LogP contribution in [0.15, 0.2) is 28.0 Å². The van der Waals surface area contributed by atoms with E-state index in [0.717, 1.165) is 37.0 Å². The molecule has 1 fully saturated rings. The molecule has 0 bridgehead atoms. The topological polar surface area (TPSA) is 64.2 Å². The van der Waals surface area contributed by atoms with Crippen LogP contribution in [-0.2, 0) is 11.3 Å². The average molecular weight is 362 g/mol. The second kappa shape index (κ2) is 8.08. The standard InChI is InChI=1S/C18H26N4O2S/c1-13(2)10-22-17(15-7-5-9-24-15)19-20-18(22)25-12-16(23)21-8-4-6-14(3)11-21/h5,7,9,13-14H,4,6,8,10-12H2,1-3H3. The average Bonchev–Trinajstić information content (AvgIpc) is 3.22. The number of carbonyl (C=O) groups excluding carboxylic acids is 1. The number of furan rings is 1. The van der Waals surface area contributed by atoms with Gasteiger partial charge in [-0.15, -0.1) is 10.2 Å². The van der Waals surface area contributed by atoms with Gasteiger partial charge in [-0.2, -0.15) is 0 Å². The van der Waals surface area contributed by atoms with Gasteiger partial charge in [-0.05, 0) is 36.8 Å². The molecule has 1 unspecified atom stereocenters.